The SMILES string of the molecule is Cc1sc(CNC(=O)[C@@H]2CC[C@H](CN)O2)nc1-c1ccc(Cl)cc1.Cl. The Hall–Kier alpha value is -1.18. The normalized spacial score (nSPS) is 19.5. The highest BCUT2D eigenvalue weighted by Crippen LogP contribution is 2.28. The van der Waals surface area contributed by atoms with E-state index in [-0.39, 0.29) is 24.4 Å². The Morgan fingerprint density at radius 3 is 2.76 bits per heavy atom. The van der Waals surface area contributed by atoms with Crippen LogP contribution >= 0.6 is 35.3 Å². The Balaban J connectivity index is 0.00000225. The highest BCUT2D eigenvalue weighted by Gasteiger charge is 2.29. The van der Waals surface area contributed by atoms with E-state index < -0.39 is 6.10 Å². The number of hydrogen-bond acceptors (Lipinski definition) is 5. The molecule has 0 radical (unpaired) electrons. The molecule has 1 aromatic heterocycles. The van der Waals surface area contributed by atoms with Gasteiger partial charge in [0.1, 0.15) is 11.1 Å². The van der Waals surface area contributed by atoms with Gasteiger partial charge in [-0.25, -0.2) is 4.98 Å². The highest BCUT2D eigenvalue weighted by atomic mass is 35.5. The maximum atomic E-state index is 12.2. The van der Waals surface area contributed by atoms with Gasteiger partial charge < -0.3 is 15.8 Å². The number of nitrogens with two attached hydrogens (primary N) is 1. The van der Waals surface area contributed by atoms with Crippen molar-refractivity contribution >= 4 is 41.3 Å². The number of aryl methyl sites for hydroxylation is 1. The van der Waals surface area contributed by atoms with Gasteiger partial charge in [-0.1, -0.05) is 23.7 Å². The van der Waals surface area contributed by atoms with Crippen molar-refractivity contribution in [3.05, 3.63) is 39.2 Å². The molecule has 3 N–H and O–H groups in total. The van der Waals surface area contributed by atoms with Crippen LogP contribution in [-0.2, 0) is 16.1 Å². The Morgan fingerprint density at radius 2 is 2.12 bits per heavy atom. The van der Waals surface area contributed by atoms with E-state index in [0.29, 0.717) is 18.1 Å². The zero-order valence-electron chi connectivity index (χ0n) is 13.8. The average Bonchev–Trinajstić information content (AvgIpc) is 3.20. The van der Waals surface area contributed by atoms with Crippen LogP contribution in [0.2, 0.25) is 5.02 Å². The van der Waals surface area contributed by atoms with Crippen molar-refractivity contribution in [3.8, 4) is 11.3 Å². The fourth-order valence-electron chi connectivity index (χ4n) is 2.75. The molecule has 8 heteroatoms. The number of aromatic nitrogens is 1. The van der Waals surface area contributed by atoms with E-state index >= 15 is 0 Å². The van der Waals surface area contributed by atoms with Crippen molar-refractivity contribution < 1.29 is 9.53 Å². The Kier molecular flexibility index (Phi) is 7.22. The van der Waals surface area contributed by atoms with E-state index in [1.54, 1.807) is 11.3 Å². The number of amides is 1. The van der Waals surface area contributed by atoms with E-state index in [2.05, 4.69) is 10.3 Å². The molecule has 0 aliphatic carbocycles. The van der Waals surface area contributed by atoms with Crippen LogP contribution in [0.15, 0.2) is 24.3 Å². The van der Waals surface area contributed by atoms with Crippen LogP contribution in [0.3, 0.4) is 0 Å². The minimum atomic E-state index is -0.393. The molecule has 25 heavy (non-hydrogen) atoms. The molecule has 0 saturated carbocycles. The van der Waals surface area contributed by atoms with Crippen LogP contribution < -0.4 is 11.1 Å². The minimum Gasteiger partial charge on any atom is -0.364 e. The number of nitrogens with zero attached hydrogens (tertiary/aromatic N) is 1. The summed E-state index contributed by atoms with van der Waals surface area (Å²) in [6.45, 7) is 2.89. The number of rotatable bonds is 5. The third kappa shape index (κ3) is 4.92. The highest BCUT2D eigenvalue weighted by molar-refractivity contribution is 7.12. The largest absolute Gasteiger partial charge is 0.364 e. The standard InChI is InChI=1S/C17H20ClN3O2S.ClH/c1-10-16(11-2-4-12(18)5-3-11)21-15(24-10)9-20-17(22)14-7-6-13(8-19)23-14;/h2-5,13-14H,6-9,19H2,1H3,(H,20,22);1H/t13-,14+;/m1./s1. The van der Waals surface area contributed by atoms with Gasteiger partial charge in [-0.05, 0) is 31.9 Å². The van der Waals surface area contributed by atoms with Crippen molar-refractivity contribution in [2.45, 2.75) is 38.5 Å². The molecule has 0 spiro atoms. The second-order valence-corrected chi connectivity index (χ2v) is 7.52. The summed E-state index contributed by atoms with van der Waals surface area (Å²) in [6.07, 6.45) is 1.17. The molecule has 2 heterocycles. The zero-order chi connectivity index (χ0) is 17.1. The lowest BCUT2D eigenvalue weighted by Crippen LogP contribution is -2.35. The van der Waals surface area contributed by atoms with E-state index in [0.717, 1.165) is 34.0 Å². The molecule has 3 rings (SSSR count). The number of carbonyl (C=O) groups excluding carboxylic acids is 1. The second kappa shape index (κ2) is 8.96. The number of halogens is 2. The predicted molar refractivity (Wildman–Crippen MR) is 103 cm³/mol. The Labute approximate surface area is 162 Å². The summed E-state index contributed by atoms with van der Waals surface area (Å²) >= 11 is 7.51. The summed E-state index contributed by atoms with van der Waals surface area (Å²) < 4.78 is 5.60. The van der Waals surface area contributed by atoms with Crippen LogP contribution in [0.5, 0.6) is 0 Å². The van der Waals surface area contributed by atoms with Crippen LogP contribution in [0.1, 0.15) is 22.7 Å². The minimum absolute atomic E-state index is 0. The van der Waals surface area contributed by atoms with Crippen molar-refractivity contribution in [1.82, 2.24) is 10.3 Å². The van der Waals surface area contributed by atoms with E-state index in [1.165, 1.54) is 0 Å². The van der Waals surface area contributed by atoms with Crippen molar-refractivity contribution in [3.63, 3.8) is 0 Å². The van der Waals surface area contributed by atoms with Crippen LogP contribution in [-0.4, -0.2) is 29.6 Å². The summed E-state index contributed by atoms with van der Waals surface area (Å²) in [4.78, 5) is 17.9. The van der Waals surface area contributed by atoms with Gasteiger partial charge in [-0.2, -0.15) is 0 Å². The number of benzene rings is 1. The number of ether oxygens (including phenoxy) is 1. The van der Waals surface area contributed by atoms with E-state index in [9.17, 15) is 4.79 Å². The molecular weight excluding hydrogens is 381 g/mol. The monoisotopic (exact) mass is 401 g/mol. The molecule has 1 aliphatic rings. The summed E-state index contributed by atoms with van der Waals surface area (Å²) in [5.41, 5.74) is 7.53. The Morgan fingerprint density at radius 1 is 1.40 bits per heavy atom. The molecule has 5 nitrogen and oxygen atoms in total. The molecule has 1 amide bonds. The molecule has 0 unspecified atom stereocenters. The van der Waals surface area contributed by atoms with Crippen LogP contribution in [0, 0.1) is 6.92 Å². The third-order valence-corrected chi connectivity index (χ3v) is 5.26. The summed E-state index contributed by atoms with van der Waals surface area (Å²) in [6, 6.07) is 7.60. The topological polar surface area (TPSA) is 77.2 Å². The van der Waals surface area contributed by atoms with Gasteiger partial charge in [0.2, 0.25) is 5.91 Å². The number of nitrogens with one attached hydrogen (secondary N) is 1. The van der Waals surface area contributed by atoms with Crippen molar-refractivity contribution in [1.29, 1.82) is 0 Å². The molecule has 2 atom stereocenters. The average molecular weight is 402 g/mol. The molecule has 1 aromatic carbocycles. The molecular formula is C17H21Cl2N3O2S. The number of hydrogen-bond donors (Lipinski definition) is 2. The fourth-order valence-corrected chi connectivity index (χ4v) is 3.77. The Bertz CT molecular complexity index is 721. The zero-order valence-corrected chi connectivity index (χ0v) is 16.2. The lowest BCUT2D eigenvalue weighted by molar-refractivity contribution is -0.132. The summed E-state index contributed by atoms with van der Waals surface area (Å²) in [5.74, 6) is -0.0909. The smallest absolute Gasteiger partial charge is 0.249 e. The first kappa shape index (κ1) is 20.1. The van der Waals surface area contributed by atoms with Gasteiger partial charge in [0, 0.05) is 22.0 Å². The van der Waals surface area contributed by atoms with Gasteiger partial charge in [0.05, 0.1) is 18.3 Å². The summed E-state index contributed by atoms with van der Waals surface area (Å²) in [5, 5.41) is 4.48. The molecule has 0 bridgehead atoms. The van der Waals surface area contributed by atoms with Gasteiger partial charge in [0.25, 0.3) is 0 Å². The maximum Gasteiger partial charge on any atom is 0.249 e. The number of carbonyl (C=O) groups is 1. The maximum absolute atomic E-state index is 12.2. The van der Waals surface area contributed by atoms with Crippen molar-refractivity contribution in [2.75, 3.05) is 6.54 Å². The van der Waals surface area contributed by atoms with E-state index in [1.807, 2.05) is 31.2 Å². The predicted octanol–water partition coefficient (Wildman–Crippen LogP) is 3.32. The summed E-state index contributed by atoms with van der Waals surface area (Å²) in [7, 11) is 0. The molecule has 1 aliphatic heterocycles. The van der Waals surface area contributed by atoms with Crippen LogP contribution in [0.4, 0.5) is 0 Å². The van der Waals surface area contributed by atoms with Gasteiger partial charge in [-0.15, -0.1) is 23.7 Å². The second-order valence-electron chi connectivity index (χ2n) is 5.80. The fraction of sp³-hybridized carbons (Fsp3) is 0.412. The van der Waals surface area contributed by atoms with Gasteiger partial charge in [-0.3, -0.25) is 4.79 Å². The van der Waals surface area contributed by atoms with Crippen molar-refractivity contribution in [2.24, 2.45) is 5.73 Å². The first-order valence-electron chi connectivity index (χ1n) is 7.92. The lowest BCUT2D eigenvalue weighted by atomic mass is 10.1. The van der Waals surface area contributed by atoms with E-state index in [4.69, 9.17) is 22.1 Å². The van der Waals surface area contributed by atoms with Gasteiger partial charge >= 0.3 is 0 Å². The van der Waals surface area contributed by atoms with Gasteiger partial charge in [0.15, 0.2) is 0 Å². The first-order chi connectivity index (χ1) is 11.6. The molecule has 2 aromatic rings. The molecule has 1 fully saturated rings. The first-order valence-corrected chi connectivity index (χ1v) is 9.11. The van der Waals surface area contributed by atoms with Crippen LogP contribution in [0.25, 0.3) is 11.3 Å². The molecule has 1 saturated heterocycles. The third-order valence-electron chi connectivity index (χ3n) is 4.04. The lowest BCUT2D eigenvalue weighted by Gasteiger charge is -2.11. The molecule has 136 valence electrons. The quantitative estimate of drug-likeness (QED) is 0.805. The number of thiazole rings is 1.